The lowest BCUT2D eigenvalue weighted by atomic mass is 10.1. The van der Waals surface area contributed by atoms with Crippen molar-refractivity contribution in [2.75, 3.05) is 7.11 Å². The van der Waals surface area contributed by atoms with E-state index in [4.69, 9.17) is 4.74 Å². The van der Waals surface area contributed by atoms with Gasteiger partial charge in [-0.2, -0.15) is 0 Å². The van der Waals surface area contributed by atoms with Gasteiger partial charge in [0.2, 0.25) is 0 Å². The van der Waals surface area contributed by atoms with E-state index in [1.165, 1.54) is 0 Å². The Morgan fingerprint density at radius 2 is 2.12 bits per heavy atom. The van der Waals surface area contributed by atoms with Crippen LogP contribution in [0, 0.1) is 0 Å². The molecular weight excluding hydrogens is 346 g/mol. The number of hydrogen-bond donors (Lipinski definition) is 0. The van der Waals surface area contributed by atoms with Crippen LogP contribution in [0.2, 0.25) is 0 Å². The van der Waals surface area contributed by atoms with Gasteiger partial charge in [-0.1, -0.05) is 12.1 Å². The molecule has 3 aromatic rings. The number of nitrogens with zero attached hydrogens (tertiary/aromatic N) is 3. The van der Waals surface area contributed by atoms with E-state index in [1.807, 2.05) is 46.7 Å². The minimum Gasteiger partial charge on any atom is -0.494 e. The van der Waals surface area contributed by atoms with Crippen LogP contribution >= 0.6 is 11.3 Å². The SMILES string of the molecule is COc1cccnc1-c1cccc(C(=O)N(Cc2nccs2)C2CC2)c1. The number of rotatable bonds is 6. The van der Waals surface area contributed by atoms with Gasteiger partial charge in [0.1, 0.15) is 16.5 Å². The van der Waals surface area contributed by atoms with E-state index in [1.54, 1.807) is 30.8 Å². The number of ether oxygens (including phenoxy) is 1. The molecule has 1 amide bonds. The second kappa shape index (κ2) is 7.25. The van der Waals surface area contributed by atoms with E-state index in [2.05, 4.69) is 9.97 Å². The van der Waals surface area contributed by atoms with Crippen LogP contribution in [-0.2, 0) is 6.54 Å². The predicted octanol–water partition coefficient (Wildman–Crippen LogP) is 4.02. The highest BCUT2D eigenvalue weighted by molar-refractivity contribution is 7.09. The van der Waals surface area contributed by atoms with Crippen LogP contribution in [0.5, 0.6) is 5.75 Å². The number of benzene rings is 1. The molecule has 1 saturated carbocycles. The van der Waals surface area contributed by atoms with Gasteiger partial charge < -0.3 is 9.64 Å². The van der Waals surface area contributed by atoms with E-state index < -0.39 is 0 Å². The number of methoxy groups -OCH3 is 1. The third kappa shape index (κ3) is 3.46. The molecule has 0 radical (unpaired) electrons. The molecule has 0 aliphatic heterocycles. The normalized spacial score (nSPS) is 13.4. The molecule has 1 aliphatic carbocycles. The molecular formula is C20H19N3O2S. The van der Waals surface area contributed by atoms with Gasteiger partial charge in [-0.3, -0.25) is 9.78 Å². The first-order chi connectivity index (χ1) is 12.8. The quantitative estimate of drug-likeness (QED) is 0.662. The third-order valence-electron chi connectivity index (χ3n) is 4.41. The van der Waals surface area contributed by atoms with Gasteiger partial charge in [0.05, 0.1) is 13.7 Å². The average molecular weight is 365 g/mol. The lowest BCUT2D eigenvalue weighted by molar-refractivity contribution is 0.0730. The van der Waals surface area contributed by atoms with E-state index in [-0.39, 0.29) is 5.91 Å². The third-order valence-corrected chi connectivity index (χ3v) is 5.18. The highest BCUT2D eigenvalue weighted by atomic mass is 32.1. The van der Waals surface area contributed by atoms with Gasteiger partial charge in [-0.25, -0.2) is 4.98 Å². The highest BCUT2D eigenvalue weighted by Gasteiger charge is 2.33. The topological polar surface area (TPSA) is 55.3 Å². The molecule has 0 saturated heterocycles. The van der Waals surface area contributed by atoms with Gasteiger partial charge >= 0.3 is 0 Å². The lowest BCUT2D eigenvalue weighted by Crippen LogP contribution is -2.32. The Morgan fingerprint density at radius 3 is 2.85 bits per heavy atom. The van der Waals surface area contributed by atoms with Crippen molar-refractivity contribution in [3.63, 3.8) is 0 Å². The summed E-state index contributed by atoms with van der Waals surface area (Å²) in [5.41, 5.74) is 2.28. The lowest BCUT2D eigenvalue weighted by Gasteiger charge is -2.21. The molecule has 1 aromatic carbocycles. The maximum Gasteiger partial charge on any atom is 0.254 e. The number of thiazole rings is 1. The summed E-state index contributed by atoms with van der Waals surface area (Å²) in [5.74, 6) is 0.735. The Kier molecular flexibility index (Phi) is 4.67. The number of hydrogen-bond acceptors (Lipinski definition) is 5. The Morgan fingerprint density at radius 1 is 1.23 bits per heavy atom. The van der Waals surface area contributed by atoms with E-state index in [0.717, 1.165) is 29.1 Å². The maximum absolute atomic E-state index is 13.1. The van der Waals surface area contributed by atoms with Gasteiger partial charge in [0.25, 0.3) is 5.91 Å². The zero-order valence-corrected chi connectivity index (χ0v) is 15.3. The fraction of sp³-hybridized carbons (Fsp3) is 0.250. The molecule has 5 nitrogen and oxygen atoms in total. The molecule has 2 aromatic heterocycles. The Bertz CT molecular complexity index is 907. The predicted molar refractivity (Wildman–Crippen MR) is 101 cm³/mol. The number of aromatic nitrogens is 2. The highest BCUT2D eigenvalue weighted by Crippen LogP contribution is 2.32. The molecule has 26 heavy (non-hydrogen) atoms. The minimum absolute atomic E-state index is 0.0412. The van der Waals surface area contributed by atoms with Crippen molar-refractivity contribution >= 4 is 17.2 Å². The van der Waals surface area contributed by atoms with E-state index in [9.17, 15) is 4.79 Å². The Labute approximate surface area is 156 Å². The monoisotopic (exact) mass is 365 g/mol. The molecule has 0 N–H and O–H groups in total. The number of pyridine rings is 1. The summed E-state index contributed by atoms with van der Waals surface area (Å²) in [6.07, 6.45) is 5.63. The molecule has 0 bridgehead atoms. The molecule has 6 heteroatoms. The molecule has 1 fully saturated rings. The zero-order valence-electron chi connectivity index (χ0n) is 14.5. The molecule has 1 aliphatic rings. The van der Waals surface area contributed by atoms with Crippen molar-refractivity contribution in [1.29, 1.82) is 0 Å². The van der Waals surface area contributed by atoms with Gasteiger partial charge in [-0.15, -0.1) is 11.3 Å². The maximum atomic E-state index is 13.1. The Hall–Kier alpha value is -2.73. The summed E-state index contributed by atoms with van der Waals surface area (Å²) in [6.45, 7) is 0.568. The van der Waals surface area contributed by atoms with Crippen molar-refractivity contribution in [1.82, 2.24) is 14.9 Å². The number of carbonyl (C=O) groups is 1. The van der Waals surface area contributed by atoms with Gasteiger partial charge in [0.15, 0.2) is 0 Å². The Balaban J connectivity index is 1.63. The van der Waals surface area contributed by atoms with Crippen LogP contribution in [0.4, 0.5) is 0 Å². The van der Waals surface area contributed by atoms with Crippen LogP contribution in [0.1, 0.15) is 28.2 Å². The standard InChI is InChI=1S/C20H19N3O2S/c1-25-17-6-3-9-22-19(17)14-4-2-5-15(12-14)20(24)23(16-7-8-16)13-18-21-10-11-26-18/h2-6,9-12,16H,7-8,13H2,1H3. The molecule has 0 spiro atoms. The van der Waals surface area contributed by atoms with Gasteiger partial charge in [0, 0.05) is 34.9 Å². The summed E-state index contributed by atoms with van der Waals surface area (Å²) in [5, 5.41) is 2.91. The van der Waals surface area contributed by atoms with Crippen LogP contribution in [0.3, 0.4) is 0 Å². The molecule has 0 atom stereocenters. The molecule has 0 unspecified atom stereocenters. The van der Waals surface area contributed by atoms with Crippen molar-refractivity contribution in [2.45, 2.75) is 25.4 Å². The van der Waals surface area contributed by atoms with Crippen LogP contribution in [0.25, 0.3) is 11.3 Å². The number of amides is 1. The molecule has 2 heterocycles. The van der Waals surface area contributed by atoms with Gasteiger partial charge in [-0.05, 0) is 37.1 Å². The molecule has 4 rings (SSSR count). The zero-order chi connectivity index (χ0) is 17.9. The second-order valence-corrected chi connectivity index (χ2v) is 7.20. The fourth-order valence-corrected chi connectivity index (χ4v) is 3.58. The first-order valence-electron chi connectivity index (χ1n) is 8.55. The van der Waals surface area contributed by atoms with Crippen molar-refractivity contribution in [2.24, 2.45) is 0 Å². The largest absolute Gasteiger partial charge is 0.494 e. The summed E-state index contributed by atoms with van der Waals surface area (Å²) in [7, 11) is 1.62. The minimum atomic E-state index is 0.0412. The summed E-state index contributed by atoms with van der Waals surface area (Å²) < 4.78 is 5.40. The van der Waals surface area contributed by atoms with Crippen molar-refractivity contribution < 1.29 is 9.53 Å². The summed E-state index contributed by atoms with van der Waals surface area (Å²) in [4.78, 5) is 23.8. The summed E-state index contributed by atoms with van der Waals surface area (Å²) >= 11 is 1.58. The smallest absolute Gasteiger partial charge is 0.254 e. The van der Waals surface area contributed by atoms with E-state index >= 15 is 0 Å². The first kappa shape index (κ1) is 16.7. The second-order valence-electron chi connectivity index (χ2n) is 6.23. The summed E-state index contributed by atoms with van der Waals surface area (Å²) in [6, 6.07) is 11.6. The van der Waals surface area contributed by atoms with E-state index in [0.29, 0.717) is 23.9 Å². The fourth-order valence-electron chi connectivity index (χ4n) is 2.97. The molecule has 132 valence electrons. The van der Waals surface area contributed by atoms with Crippen LogP contribution < -0.4 is 4.74 Å². The average Bonchev–Trinajstić information content (AvgIpc) is 3.41. The van der Waals surface area contributed by atoms with Crippen LogP contribution in [0.15, 0.2) is 54.2 Å². The van der Waals surface area contributed by atoms with Crippen molar-refractivity contribution in [3.05, 3.63) is 64.7 Å². The first-order valence-corrected chi connectivity index (χ1v) is 9.43. The van der Waals surface area contributed by atoms with Crippen molar-refractivity contribution in [3.8, 4) is 17.0 Å². The number of carbonyl (C=O) groups excluding carboxylic acids is 1. The van der Waals surface area contributed by atoms with Crippen LogP contribution in [-0.4, -0.2) is 33.9 Å².